The topological polar surface area (TPSA) is 98.5 Å². The second-order valence-corrected chi connectivity index (χ2v) is 7.24. The molecule has 26 heavy (non-hydrogen) atoms. The van der Waals surface area contributed by atoms with Crippen LogP contribution >= 0.6 is 0 Å². The molecule has 134 valence electrons. The van der Waals surface area contributed by atoms with E-state index in [9.17, 15) is 13.2 Å². The summed E-state index contributed by atoms with van der Waals surface area (Å²) in [7, 11) is -2.23. The number of esters is 1. The smallest absolute Gasteiger partial charge is 0.338 e. The van der Waals surface area contributed by atoms with Crippen LogP contribution in [0.15, 0.2) is 70.1 Å². The molecule has 1 aromatic heterocycles. The van der Waals surface area contributed by atoms with Crippen molar-refractivity contribution in [1.29, 1.82) is 0 Å². The van der Waals surface area contributed by atoms with E-state index in [2.05, 4.69) is 9.88 Å². The molecular formula is C18H16N2O5S. The molecule has 0 aliphatic rings. The molecule has 0 aliphatic carbocycles. The van der Waals surface area contributed by atoms with E-state index in [0.29, 0.717) is 11.5 Å². The third kappa shape index (κ3) is 3.98. The highest BCUT2D eigenvalue weighted by Gasteiger charge is 2.14. The minimum atomic E-state index is -3.54. The first kappa shape index (κ1) is 17.8. The first-order valence-corrected chi connectivity index (χ1v) is 9.19. The molecule has 0 bridgehead atoms. The van der Waals surface area contributed by atoms with Gasteiger partial charge in [-0.3, -0.25) is 0 Å². The Hall–Kier alpha value is -2.97. The van der Waals surface area contributed by atoms with E-state index in [4.69, 9.17) is 9.26 Å². The molecule has 0 spiro atoms. The van der Waals surface area contributed by atoms with Crippen LogP contribution in [0.1, 0.15) is 16.1 Å². The molecule has 0 saturated heterocycles. The maximum Gasteiger partial charge on any atom is 0.338 e. The van der Waals surface area contributed by atoms with E-state index in [0.717, 1.165) is 5.56 Å². The first-order chi connectivity index (χ1) is 12.5. The molecule has 1 heterocycles. The number of hydrogen-bond acceptors (Lipinski definition) is 6. The zero-order valence-corrected chi connectivity index (χ0v) is 14.7. The van der Waals surface area contributed by atoms with E-state index in [1.54, 1.807) is 6.07 Å². The molecule has 2 aromatic carbocycles. The van der Waals surface area contributed by atoms with Crippen molar-refractivity contribution >= 4 is 16.0 Å². The average molecular weight is 372 g/mol. The van der Waals surface area contributed by atoms with Crippen LogP contribution in [0.25, 0.3) is 11.3 Å². The lowest BCUT2D eigenvalue weighted by Crippen LogP contribution is -2.18. The van der Waals surface area contributed by atoms with Gasteiger partial charge in [0.05, 0.1) is 10.5 Å². The van der Waals surface area contributed by atoms with E-state index in [1.807, 2.05) is 30.3 Å². The number of ether oxygens (including phenoxy) is 1. The van der Waals surface area contributed by atoms with Crippen molar-refractivity contribution < 1.29 is 22.5 Å². The highest BCUT2D eigenvalue weighted by Crippen LogP contribution is 2.20. The lowest BCUT2D eigenvalue weighted by Gasteiger charge is -2.05. The second kappa shape index (κ2) is 7.51. The summed E-state index contributed by atoms with van der Waals surface area (Å²) in [4.78, 5) is 12.1. The maximum absolute atomic E-state index is 12.1. The molecule has 0 saturated carbocycles. The molecule has 0 atom stereocenters. The fraction of sp³-hybridized carbons (Fsp3) is 0.111. The Morgan fingerprint density at radius 1 is 1.12 bits per heavy atom. The number of nitrogens with zero attached hydrogens (tertiary/aromatic N) is 1. The molecule has 3 aromatic rings. The molecular weight excluding hydrogens is 356 g/mol. The van der Waals surface area contributed by atoms with Crippen molar-refractivity contribution in [3.8, 4) is 11.3 Å². The summed E-state index contributed by atoms with van der Waals surface area (Å²) in [6.07, 6.45) is 0. The SMILES string of the molecule is CNS(=O)(=O)c1ccc(C(=O)OCc2cc(-c3ccccc3)on2)cc1. The molecule has 0 fully saturated rings. The van der Waals surface area contributed by atoms with Gasteiger partial charge in [-0.2, -0.15) is 0 Å². The van der Waals surface area contributed by atoms with Crippen molar-refractivity contribution in [1.82, 2.24) is 9.88 Å². The summed E-state index contributed by atoms with van der Waals surface area (Å²) in [6.45, 7) is -0.0499. The maximum atomic E-state index is 12.1. The van der Waals surface area contributed by atoms with Crippen LogP contribution in [0.3, 0.4) is 0 Å². The quantitative estimate of drug-likeness (QED) is 0.668. The second-order valence-electron chi connectivity index (χ2n) is 5.36. The number of carbonyl (C=O) groups is 1. The Morgan fingerprint density at radius 3 is 2.46 bits per heavy atom. The van der Waals surface area contributed by atoms with Crippen molar-refractivity contribution in [3.05, 3.63) is 71.9 Å². The summed E-state index contributed by atoms with van der Waals surface area (Å²) >= 11 is 0. The third-order valence-corrected chi connectivity index (χ3v) is 5.07. The van der Waals surface area contributed by atoms with Gasteiger partial charge < -0.3 is 9.26 Å². The number of sulfonamides is 1. The Bertz CT molecular complexity index is 996. The van der Waals surface area contributed by atoms with Crippen LogP contribution in [0.4, 0.5) is 0 Å². The molecule has 8 heteroatoms. The van der Waals surface area contributed by atoms with Crippen LogP contribution in [0.2, 0.25) is 0 Å². The van der Waals surface area contributed by atoms with Crippen molar-refractivity contribution in [2.24, 2.45) is 0 Å². The number of nitrogens with one attached hydrogen (secondary N) is 1. The van der Waals surface area contributed by atoms with Gasteiger partial charge in [-0.1, -0.05) is 35.5 Å². The summed E-state index contributed by atoms with van der Waals surface area (Å²) < 4.78 is 36.0. The monoisotopic (exact) mass is 372 g/mol. The molecule has 0 aliphatic heterocycles. The van der Waals surface area contributed by atoms with Crippen LogP contribution in [-0.2, 0) is 21.4 Å². The molecule has 3 rings (SSSR count). The van der Waals surface area contributed by atoms with E-state index in [1.165, 1.54) is 31.3 Å². The van der Waals surface area contributed by atoms with Crippen molar-refractivity contribution in [2.75, 3.05) is 7.05 Å². The van der Waals surface area contributed by atoms with Crippen LogP contribution in [0.5, 0.6) is 0 Å². The Morgan fingerprint density at radius 2 is 1.81 bits per heavy atom. The zero-order valence-electron chi connectivity index (χ0n) is 13.9. The molecule has 1 N–H and O–H groups in total. The van der Waals surface area contributed by atoms with Gasteiger partial charge in [0.25, 0.3) is 0 Å². The number of hydrogen-bond donors (Lipinski definition) is 1. The Labute approximate surface area is 150 Å². The zero-order chi connectivity index (χ0) is 18.6. The van der Waals surface area contributed by atoms with E-state index in [-0.39, 0.29) is 17.1 Å². The van der Waals surface area contributed by atoms with Gasteiger partial charge >= 0.3 is 5.97 Å². The minimum absolute atomic E-state index is 0.0499. The summed E-state index contributed by atoms with van der Waals surface area (Å²) in [5.74, 6) is 0.000871. The van der Waals surface area contributed by atoms with Crippen LogP contribution < -0.4 is 4.72 Å². The van der Waals surface area contributed by atoms with Gasteiger partial charge in [0.2, 0.25) is 10.0 Å². The lowest BCUT2D eigenvalue weighted by molar-refractivity contribution is 0.0464. The van der Waals surface area contributed by atoms with Gasteiger partial charge in [-0.05, 0) is 31.3 Å². The minimum Gasteiger partial charge on any atom is -0.455 e. The molecule has 0 unspecified atom stereocenters. The highest BCUT2D eigenvalue weighted by atomic mass is 32.2. The van der Waals surface area contributed by atoms with Gasteiger partial charge in [-0.25, -0.2) is 17.9 Å². The van der Waals surface area contributed by atoms with Gasteiger partial charge in [0, 0.05) is 11.6 Å². The fourth-order valence-electron chi connectivity index (χ4n) is 2.23. The largest absolute Gasteiger partial charge is 0.455 e. The van der Waals surface area contributed by atoms with Gasteiger partial charge in [-0.15, -0.1) is 0 Å². The van der Waals surface area contributed by atoms with Crippen molar-refractivity contribution in [2.45, 2.75) is 11.5 Å². The molecule has 7 nitrogen and oxygen atoms in total. The summed E-state index contributed by atoms with van der Waals surface area (Å²) in [5, 5.41) is 3.88. The number of carbonyl (C=O) groups excluding carboxylic acids is 1. The Balaban J connectivity index is 1.63. The lowest BCUT2D eigenvalue weighted by atomic mass is 10.2. The summed E-state index contributed by atoms with van der Waals surface area (Å²) in [5.41, 5.74) is 1.59. The van der Waals surface area contributed by atoms with Gasteiger partial charge in [0.15, 0.2) is 5.76 Å². The van der Waals surface area contributed by atoms with Crippen LogP contribution in [-0.4, -0.2) is 26.6 Å². The predicted molar refractivity (Wildman–Crippen MR) is 93.7 cm³/mol. The molecule has 0 amide bonds. The standard InChI is InChI=1S/C18H16N2O5S/c1-19-26(22,23)16-9-7-14(8-10-16)18(21)24-12-15-11-17(25-20-15)13-5-3-2-4-6-13/h2-11,19H,12H2,1H3. The van der Waals surface area contributed by atoms with Gasteiger partial charge in [0.1, 0.15) is 12.3 Å². The van der Waals surface area contributed by atoms with E-state index >= 15 is 0 Å². The normalized spacial score (nSPS) is 11.3. The van der Waals surface area contributed by atoms with Crippen LogP contribution in [0, 0.1) is 0 Å². The third-order valence-electron chi connectivity index (χ3n) is 3.64. The predicted octanol–water partition coefficient (Wildman–Crippen LogP) is 2.61. The Kier molecular flexibility index (Phi) is 5.15. The first-order valence-electron chi connectivity index (χ1n) is 7.71. The van der Waals surface area contributed by atoms with E-state index < -0.39 is 16.0 Å². The summed E-state index contributed by atoms with van der Waals surface area (Å²) in [6, 6.07) is 16.6. The number of aromatic nitrogens is 1. The molecule has 0 radical (unpaired) electrons. The average Bonchev–Trinajstić information content (AvgIpc) is 3.16. The van der Waals surface area contributed by atoms with Crippen molar-refractivity contribution in [3.63, 3.8) is 0 Å². The highest BCUT2D eigenvalue weighted by molar-refractivity contribution is 7.89. The number of rotatable bonds is 6. The number of benzene rings is 2. The fourth-order valence-corrected chi connectivity index (χ4v) is 2.96.